The minimum atomic E-state index is -1.15. The van der Waals surface area contributed by atoms with Crippen LogP contribution in [0.1, 0.15) is 30.4 Å². The Bertz CT molecular complexity index is 689. The minimum Gasteiger partial charge on any atom is -0.477 e. The van der Waals surface area contributed by atoms with Crippen LogP contribution >= 0.6 is 11.3 Å². The topological polar surface area (TPSA) is 88.5 Å². The first-order valence-electron chi connectivity index (χ1n) is 6.56. The third-order valence-electron chi connectivity index (χ3n) is 2.46. The second-order valence-corrected chi connectivity index (χ2v) is 6.49. The van der Waals surface area contributed by atoms with E-state index in [-0.39, 0.29) is 10.7 Å². The molecule has 2 N–H and O–H groups in total. The molecule has 0 unspecified atom stereocenters. The zero-order valence-corrected chi connectivity index (χ0v) is 13.2. The maximum atomic E-state index is 11.8. The van der Waals surface area contributed by atoms with E-state index in [1.54, 1.807) is 20.8 Å². The molecule has 7 heteroatoms. The first-order valence-corrected chi connectivity index (χ1v) is 7.37. The summed E-state index contributed by atoms with van der Waals surface area (Å²) in [5.41, 5.74) is 0.110. The van der Waals surface area contributed by atoms with Gasteiger partial charge in [0.2, 0.25) is 0 Å². The lowest BCUT2D eigenvalue weighted by Gasteiger charge is -2.19. The fourth-order valence-electron chi connectivity index (χ4n) is 1.65. The van der Waals surface area contributed by atoms with Crippen LogP contribution in [0.15, 0.2) is 30.3 Å². The molecular weight excluding hydrogens is 304 g/mol. The number of aromatic carboxylic acids is 1. The monoisotopic (exact) mass is 320 g/mol. The molecular formula is C15H16N2O4S. The van der Waals surface area contributed by atoms with Gasteiger partial charge in [0.05, 0.1) is 0 Å². The summed E-state index contributed by atoms with van der Waals surface area (Å²) in [6.45, 7) is 5.17. The molecule has 0 aliphatic heterocycles. The zero-order chi connectivity index (χ0) is 16.3. The molecule has 0 saturated heterocycles. The molecule has 0 spiro atoms. The zero-order valence-electron chi connectivity index (χ0n) is 12.4. The van der Waals surface area contributed by atoms with E-state index in [0.717, 1.165) is 16.9 Å². The summed E-state index contributed by atoms with van der Waals surface area (Å²) in [4.78, 5) is 27.3. The van der Waals surface area contributed by atoms with E-state index in [0.29, 0.717) is 5.01 Å². The predicted octanol–water partition coefficient (Wildman–Crippen LogP) is 3.86. The molecule has 0 radical (unpaired) electrons. The fraction of sp³-hybridized carbons (Fsp3) is 0.267. The number of carbonyl (C=O) groups is 2. The number of rotatable bonds is 3. The Hall–Kier alpha value is -2.41. The summed E-state index contributed by atoms with van der Waals surface area (Å²) in [6.07, 6.45) is -0.736. The lowest BCUT2D eigenvalue weighted by Crippen LogP contribution is -2.27. The highest BCUT2D eigenvalue weighted by Gasteiger charge is 2.22. The average molecular weight is 320 g/mol. The summed E-state index contributed by atoms with van der Waals surface area (Å²) in [7, 11) is 0. The number of carbonyl (C=O) groups excluding carboxylic acids is 1. The maximum Gasteiger partial charge on any atom is 0.413 e. The molecule has 0 bridgehead atoms. The number of benzene rings is 1. The van der Waals surface area contributed by atoms with Crippen molar-refractivity contribution in [2.45, 2.75) is 26.4 Å². The lowest BCUT2D eigenvalue weighted by atomic mass is 10.2. The van der Waals surface area contributed by atoms with Gasteiger partial charge in [0.25, 0.3) is 0 Å². The van der Waals surface area contributed by atoms with E-state index in [1.807, 2.05) is 30.3 Å². The van der Waals surface area contributed by atoms with Crippen LogP contribution in [-0.4, -0.2) is 27.8 Å². The van der Waals surface area contributed by atoms with Crippen molar-refractivity contribution in [2.75, 3.05) is 5.32 Å². The highest BCUT2D eigenvalue weighted by atomic mass is 32.1. The standard InChI is InChI=1S/C15H16N2O4S/c1-15(2,3)21-14(20)17-11-10(13(18)19)22-12(16-11)9-7-5-4-6-8-9/h4-8H,1-3H3,(H,17,20)(H,18,19). The van der Waals surface area contributed by atoms with Gasteiger partial charge in [0.15, 0.2) is 10.7 Å². The van der Waals surface area contributed by atoms with Gasteiger partial charge in [0, 0.05) is 5.56 Å². The Labute approximate surface area is 131 Å². The van der Waals surface area contributed by atoms with Crippen molar-refractivity contribution in [3.63, 3.8) is 0 Å². The third-order valence-corrected chi connectivity index (χ3v) is 3.55. The number of thiazole rings is 1. The molecule has 0 saturated carbocycles. The Morgan fingerprint density at radius 2 is 1.86 bits per heavy atom. The van der Waals surface area contributed by atoms with Crippen molar-refractivity contribution >= 4 is 29.2 Å². The summed E-state index contributed by atoms with van der Waals surface area (Å²) < 4.78 is 5.11. The smallest absolute Gasteiger partial charge is 0.413 e. The number of carboxylic acids is 1. The van der Waals surface area contributed by atoms with Gasteiger partial charge in [-0.05, 0) is 20.8 Å². The van der Waals surface area contributed by atoms with Gasteiger partial charge in [0.1, 0.15) is 10.6 Å². The Kier molecular flexibility index (Phi) is 4.46. The summed E-state index contributed by atoms with van der Waals surface area (Å²) in [5, 5.41) is 12.2. The molecule has 0 aliphatic carbocycles. The van der Waals surface area contributed by atoms with E-state index in [4.69, 9.17) is 4.74 Å². The SMILES string of the molecule is CC(C)(C)OC(=O)Nc1nc(-c2ccccc2)sc1C(=O)O. The van der Waals surface area contributed by atoms with E-state index in [9.17, 15) is 14.7 Å². The van der Waals surface area contributed by atoms with Gasteiger partial charge < -0.3 is 9.84 Å². The Morgan fingerprint density at radius 1 is 1.23 bits per heavy atom. The summed E-state index contributed by atoms with van der Waals surface area (Å²) in [6, 6.07) is 9.16. The van der Waals surface area contributed by atoms with Crippen molar-refractivity contribution in [1.29, 1.82) is 0 Å². The van der Waals surface area contributed by atoms with Gasteiger partial charge >= 0.3 is 12.1 Å². The van der Waals surface area contributed by atoms with Crippen molar-refractivity contribution in [2.24, 2.45) is 0 Å². The molecule has 1 aromatic carbocycles. The Balaban J connectivity index is 2.29. The predicted molar refractivity (Wildman–Crippen MR) is 84.4 cm³/mol. The van der Waals surface area contributed by atoms with Crippen LogP contribution in [0.2, 0.25) is 0 Å². The maximum absolute atomic E-state index is 11.8. The molecule has 2 rings (SSSR count). The van der Waals surface area contributed by atoms with Crippen LogP contribution in [0.5, 0.6) is 0 Å². The molecule has 1 heterocycles. The van der Waals surface area contributed by atoms with Crippen LogP contribution in [0, 0.1) is 0 Å². The molecule has 1 amide bonds. The number of amides is 1. The van der Waals surface area contributed by atoms with Crippen molar-refractivity contribution in [1.82, 2.24) is 4.98 Å². The van der Waals surface area contributed by atoms with E-state index >= 15 is 0 Å². The second-order valence-electron chi connectivity index (χ2n) is 5.49. The molecule has 6 nitrogen and oxygen atoms in total. The number of aromatic nitrogens is 1. The molecule has 0 atom stereocenters. The number of hydrogen-bond donors (Lipinski definition) is 2. The number of nitrogens with zero attached hydrogens (tertiary/aromatic N) is 1. The van der Waals surface area contributed by atoms with Gasteiger partial charge in [-0.3, -0.25) is 5.32 Å². The summed E-state index contributed by atoms with van der Waals surface area (Å²) in [5.74, 6) is -1.16. The Morgan fingerprint density at radius 3 is 2.41 bits per heavy atom. The summed E-state index contributed by atoms with van der Waals surface area (Å²) >= 11 is 1.000. The van der Waals surface area contributed by atoms with Gasteiger partial charge in [-0.15, -0.1) is 11.3 Å². The number of hydrogen-bond acceptors (Lipinski definition) is 5. The van der Waals surface area contributed by atoms with Crippen LogP contribution in [-0.2, 0) is 4.74 Å². The minimum absolute atomic E-state index is 0.00870. The van der Waals surface area contributed by atoms with Crippen molar-refractivity contribution < 1.29 is 19.4 Å². The molecule has 22 heavy (non-hydrogen) atoms. The van der Waals surface area contributed by atoms with E-state index in [2.05, 4.69) is 10.3 Å². The number of carboxylic acid groups (broad SMARTS) is 1. The average Bonchev–Trinajstić information content (AvgIpc) is 2.81. The van der Waals surface area contributed by atoms with Gasteiger partial charge in [-0.1, -0.05) is 30.3 Å². The molecule has 0 aliphatic rings. The number of nitrogens with one attached hydrogen (secondary N) is 1. The number of anilines is 1. The molecule has 2 aromatic rings. The van der Waals surface area contributed by atoms with Gasteiger partial charge in [-0.25, -0.2) is 14.6 Å². The van der Waals surface area contributed by atoms with Crippen molar-refractivity contribution in [3.8, 4) is 10.6 Å². The first-order chi connectivity index (χ1) is 10.3. The second kappa shape index (κ2) is 6.15. The van der Waals surface area contributed by atoms with Crippen LogP contribution in [0.4, 0.5) is 10.6 Å². The van der Waals surface area contributed by atoms with Crippen LogP contribution in [0.3, 0.4) is 0 Å². The van der Waals surface area contributed by atoms with E-state index < -0.39 is 17.7 Å². The van der Waals surface area contributed by atoms with E-state index in [1.165, 1.54) is 0 Å². The molecule has 1 aromatic heterocycles. The van der Waals surface area contributed by atoms with Gasteiger partial charge in [-0.2, -0.15) is 0 Å². The van der Waals surface area contributed by atoms with Crippen LogP contribution in [0.25, 0.3) is 10.6 Å². The highest BCUT2D eigenvalue weighted by Crippen LogP contribution is 2.31. The lowest BCUT2D eigenvalue weighted by molar-refractivity contribution is 0.0635. The molecule has 116 valence electrons. The largest absolute Gasteiger partial charge is 0.477 e. The number of ether oxygens (including phenoxy) is 1. The molecule has 0 fully saturated rings. The fourth-order valence-corrected chi connectivity index (χ4v) is 2.52. The van der Waals surface area contributed by atoms with Crippen LogP contribution < -0.4 is 5.32 Å². The first kappa shape index (κ1) is 16.0. The highest BCUT2D eigenvalue weighted by molar-refractivity contribution is 7.17. The normalized spacial score (nSPS) is 11.0. The van der Waals surface area contributed by atoms with Crippen molar-refractivity contribution in [3.05, 3.63) is 35.2 Å². The quantitative estimate of drug-likeness (QED) is 0.896. The third kappa shape index (κ3) is 4.05.